The number of rotatable bonds is 7. The molecule has 0 saturated carbocycles. The second-order valence-corrected chi connectivity index (χ2v) is 7.49. The fraction of sp³-hybridized carbons (Fsp3) is 0.385. The first-order valence-electron chi connectivity index (χ1n) is 6.61. The van der Waals surface area contributed by atoms with Crippen LogP contribution in [0.4, 0.5) is 0 Å². The molecule has 0 spiro atoms. The molecule has 7 nitrogen and oxygen atoms in total. The van der Waals surface area contributed by atoms with Crippen molar-refractivity contribution in [2.24, 2.45) is 5.16 Å². The summed E-state index contributed by atoms with van der Waals surface area (Å²) in [5.41, 5.74) is 0.664. The predicted molar refractivity (Wildman–Crippen MR) is 85.9 cm³/mol. The van der Waals surface area contributed by atoms with Gasteiger partial charge in [-0.15, -0.1) is 0 Å². The fourth-order valence-corrected chi connectivity index (χ4v) is 3.34. The van der Waals surface area contributed by atoms with Crippen molar-refractivity contribution >= 4 is 36.5 Å². The molecule has 0 fully saturated rings. The maximum Gasteiger partial charge on any atom is 0.235 e. The summed E-state index contributed by atoms with van der Waals surface area (Å²) in [7, 11) is -3.55. The second kappa shape index (κ2) is 7.70. The number of hydrogen-bond acceptors (Lipinski definition) is 5. The third-order valence-corrected chi connectivity index (χ3v) is 4.64. The number of halogens is 1. The van der Waals surface area contributed by atoms with Crippen molar-refractivity contribution in [2.75, 3.05) is 13.1 Å². The minimum Gasteiger partial charge on any atom is -0.390 e. The molecule has 2 rings (SSSR count). The van der Waals surface area contributed by atoms with E-state index >= 15 is 0 Å². The molecule has 1 atom stereocenters. The maximum absolute atomic E-state index is 11.9. The molecular weight excluding hydrogens is 374 g/mol. The zero-order valence-corrected chi connectivity index (χ0v) is 14.1. The van der Waals surface area contributed by atoms with Crippen LogP contribution in [-0.4, -0.2) is 38.1 Å². The highest BCUT2D eigenvalue weighted by atomic mass is 79.9. The molecule has 1 aromatic carbocycles. The molecule has 9 heteroatoms. The monoisotopic (exact) mass is 389 g/mol. The summed E-state index contributed by atoms with van der Waals surface area (Å²) in [5.74, 6) is -0.573. The number of benzene rings is 1. The third-order valence-electron chi connectivity index (χ3n) is 2.88. The Balaban J connectivity index is 1.71. The lowest BCUT2D eigenvalue weighted by molar-refractivity contribution is -0.120. The van der Waals surface area contributed by atoms with Gasteiger partial charge in [0.1, 0.15) is 4.62 Å². The van der Waals surface area contributed by atoms with Crippen LogP contribution in [0.25, 0.3) is 0 Å². The summed E-state index contributed by atoms with van der Waals surface area (Å²) >= 11 is 3.19. The van der Waals surface area contributed by atoms with Crippen LogP contribution in [-0.2, 0) is 25.4 Å². The van der Waals surface area contributed by atoms with Crippen molar-refractivity contribution < 1.29 is 18.0 Å². The highest BCUT2D eigenvalue weighted by Gasteiger charge is 2.20. The van der Waals surface area contributed by atoms with E-state index < -0.39 is 15.9 Å². The summed E-state index contributed by atoms with van der Waals surface area (Å²) in [6.07, 6.45) is 0.360. The van der Waals surface area contributed by atoms with Gasteiger partial charge in [0.15, 0.2) is 6.10 Å². The van der Waals surface area contributed by atoms with E-state index in [1.165, 1.54) is 0 Å². The van der Waals surface area contributed by atoms with Gasteiger partial charge in [0.2, 0.25) is 15.9 Å². The smallest absolute Gasteiger partial charge is 0.235 e. The van der Waals surface area contributed by atoms with Gasteiger partial charge in [-0.2, -0.15) is 0 Å². The summed E-state index contributed by atoms with van der Waals surface area (Å²) in [6, 6.07) is 8.77. The number of carbonyl (C=O) groups is 1. The fourth-order valence-electron chi connectivity index (χ4n) is 1.81. The molecule has 1 aliphatic rings. The van der Waals surface area contributed by atoms with Crippen LogP contribution in [0.2, 0.25) is 0 Å². The number of sulfonamides is 1. The number of amides is 1. The van der Waals surface area contributed by atoms with Crippen molar-refractivity contribution in [1.82, 2.24) is 10.0 Å². The molecule has 0 radical (unpaired) electrons. The zero-order chi connectivity index (χ0) is 16.0. The first kappa shape index (κ1) is 16.9. The Morgan fingerprint density at radius 2 is 2.09 bits per heavy atom. The van der Waals surface area contributed by atoms with E-state index in [1.807, 2.05) is 6.07 Å². The molecule has 0 aromatic heterocycles. The molecule has 1 aromatic rings. The standard InChI is InChI=1S/C13H16BrN3O4S/c14-12-6-11(21-17-12)7-15-13(18)8-16-22(19,20)9-10-4-2-1-3-5-10/h1-5,11,16H,6-9H2,(H,15,18). The van der Waals surface area contributed by atoms with E-state index in [2.05, 4.69) is 31.1 Å². The molecule has 0 aliphatic carbocycles. The van der Waals surface area contributed by atoms with E-state index in [9.17, 15) is 13.2 Å². The Labute approximate surface area is 137 Å². The molecule has 1 unspecified atom stereocenters. The van der Waals surface area contributed by atoms with Crippen LogP contribution >= 0.6 is 15.9 Å². The molecule has 1 heterocycles. The maximum atomic E-state index is 11.9. The van der Waals surface area contributed by atoms with Gasteiger partial charge in [-0.1, -0.05) is 35.5 Å². The summed E-state index contributed by atoms with van der Waals surface area (Å²) < 4.78 is 26.7. The number of oxime groups is 1. The lowest BCUT2D eigenvalue weighted by atomic mass is 10.2. The lowest BCUT2D eigenvalue weighted by Gasteiger charge is -2.10. The van der Waals surface area contributed by atoms with Gasteiger partial charge in [0.05, 0.1) is 18.8 Å². The van der Waals surface area contributed by atoms with E-state index in [4.69, 9.17) is 4.84 Å². The van der Waals surface area contributed by atoms with Gasteiger partial charge < -0.3 is 10.2 Å². The lowest BCUT2D eigenvalue weighted by Crippen LogP contribution is -2.40. The van der Waals surface area contributed by atoms with Gasteiger partial charge in [0.25, 0.3) is 0 Å². The average molecular weight is 390 g/mol. The van der Waals surface area contributed by atoms with Crippen molar-refractivity contribution in [3.05, 3.63) is 35.9 Å². The van der Waals surface area contributed by atoms with E-state index in [0.29, 0.717) is 16.6 Å². The largest absolute Gasteiger partial charge is 0.390 e. The Morgan fingerprint density at radius 1 is 1.36 bits per heavy atom. The van der Waals surface area contributed by atoms with Crippen LogP contribution in [0.1, 0.15) is 12.0 Å². The van der Waals surface area contributed by atoms with Crippen LogP contribution in [0.5, 0.6) is 0 Å². The number of hydrogen-bond donors (Lipinski definition) is 2. The number of nitrogens with one attached hydrogen (secondary N) is 2. The zero-order valence-electron chi connectivity index (χ0n) is 11.7. The van der Waals surface area contributed by atoms with Gasteiger partial charge in [0, 0.05) is 6.42 Å². The quantitative estimate of drug-likeness (QED) is 0.717. The molecule has 120 valence electrons. The third kappa shape index (κ3) is 5.74. The molecular formula is C13H16BrN3O4S. The molecule has 2 N–H and O–H groups in total. The van der Waals surface area contributed by atoms with Gasteiger partial charge in [-0.25, -0.2) is 13.1 Å². The number of nitrogens with zero attached hydrogens (tertiary/aromatic N) is 1. The summed E-state index contributed by atoms with van der Waals surface area (Å²) in [6.45, 7) is -0.0260. The Hall–Kier alpha value is -1.45. The molecule has 0 saturated heterocycles. The Morgan fingerprint density at radius 3 is 2.73 bits per heavy atom. The minimum absolute atomic E-state index is 0.159. The average Bonchev–Trinajstić information content (AvgIpc) is 2.89. The number of carbonyl (C=O) groups excluding carboxylic acids is 1. The first-order valence-corrected chi connectivity index (χ1v) is 9.05. The van der Waals surface area contributed by atoms with Crippen LogP contribution in [0.15, 0.2) is 35.5 Å². The Kier molecular flexibility index (Phi) is 5.92. The van der Waals surface area contributed by atoms with E-state index in [0.717, 1.165) is 0 Å². The Bertz CT molecular complexity index is 649. The van der Waals surface area contributed by atoms with E-state index in [1.54, 1.807) is 24.3 Å². The van der Waals surface area contributed by atoms with Crippen molar-refractivity contribution in [3.8, 4) is 0 Å². The van der Waals surface area contributed by atoms with Crippen LogP contribution < -0.4 is 10.0 Å². The topological polar surface area (TPSA) is 96.9 Å². The highest BCUT2D eigenvalue weighted by Crippen LogP contribution is 2.13. The van der Waals surface area contributed by atoms with Crippen molar-refractivity contribution in [3.63, 3.8) is 0 Å². The van der Waals surface area contributed by atoms with Crippen LogP contribution in [0.3, 0.4) is 0 Å². The van der Waals surface area contributed by atoms with E-state index in [-0.39, 0.29) is 24.9 Å². The molecule has 22 heavy (non-hydrogen) atoms. The van der Waals surface area contributed by atoms with Crippen LogP contribution in [0, 0.1) is 0 Å². The van der Waals surface area contributed by atoms with Crippen molar-refractivity contribution in [2.45, 2.75) is 18.3 Å². The second-order valence-electron chi connectivity index (χ2n) is 4.77. The van der Waals surface area contributed by atoms with Gasteiger partial charge in [-0.05, 0) is 21.5 Å². The minimum atomic E-state index is -3.55. The summed E-state index contributed by atoms with van der Waals surface area (Å²) in [5, 5.41) is 6.29. The SMILES string of the molecule is O=C(CNS(=O)(=O)Cc1ccccc1)NCC1CC(Br)=NO1. The summed E-state index contributed by atoms with van der Waals surface area (Å²) in [4.78, 5) is 16.7. The molecule has 1 amide bonds. The predicted octanol–water partition coefficient (Wildman–Crippen LogP) is 0.719. The van der Waals surface area contributed by atoms with Gasteiger partial charge in [-0.3, -0.25) is 4.79 Å². The first-order chi connectivity index (χ1) is 10.4. The highest BCUT2D eigenvalue weighted by molar-refractivity contribution is 9.18. The van der Waals surface area contributed by atoms with Gasteiger partial charge >= 0.3 is 0 Å². The molecule has 0 bridgehead atoms. The van der Waals surface area contributed by atoms with Crippen molar-refractivity contribution in [1.29, 1.82) is 0 Å². The normalized spacial score (nSPS) is 17.7. The molecule has 1 aliphatic heterocycles.